The fourth-order valence-electron chi connectivity index (χ4n) is 0.370. The number of rotatable bonds is 0. The first-order chi connectivity index (χ1) is 3.70. The third-order valence-electron chi connectivity index (χ3n) is 0.718. The average molecular weight is 113 g/mol. The van der Waals surface area contributed by atoms with Crippen LogP contribution in [0.15, 0.2) is 0 Å². The fourth-order valence-corrected chi connectivity index (χ4v) is 0.370. The molecule has 1 rings (SSSR count). The highest BCUT2D eigenvalue weighted by atomic mass is 16.6. The van der Waals surface area contributed by atoms with Crippen molar-refractivity contribution in [1.29, 1.82) is 0 Å². The molecule has 2 radical (unpaired) electrons. The summed E-state index contributed by atoms with van der Waals surface area (Å²) in [5.74, 6) is -0.588. The molecule has 0 bridgehead atoms. The smallest absolute Gasteiger partial charge is 0.414 e. The lowest BCUT2D eigenvalue weighted by Crippen LogP contribution is -2.22. The first kappa shape index (κ1) is 5.08. The molecule has 1 saturated heterocycles. The molecular formula is C4H3NO3. The minimum atomic E-state index is -1.11. The van der Waals surface area contributed by atoms with E-state index in [1.165, 1.54) is 0 Å². The monoisotopic (exact) mass is 113 g/mol. The second-order valence-corrected chi connectivity index (χ2v) is 1.32. The van der Waals surface area contributed by atoms with Crippen LogP contribution in [-0.4, -0.2) is 18.1 Å². The van der Waals surface area contributed by atoms with Gasteiger partial charge in [0.15, 0.2) is 6.10 Å². The molecule has 1 aliphatic rings. The van der Waals surface area contributed by atoms with Gasteiger partial charge in [0.25, 0.3) is 5.91 Å². The summed E-state index contributed by atoms with van der Waals surface area (Å²) < 4.78 is 4.15. The Morgan fingerprint density at radius 3 is 2.38 bits per heavy atom. The van der Waals surface area contributed by atoms with Crippen LogP contribution in [0.1, 0.15) is 0 Å². The Morgan fingerprint density at radius 2 is 2.25 bits per heavy atom. The highest BCUT2D eigenvalue weighted by Gasteiger charge is 2.27. The van der Waals surface area contributed by atoms with Crippen molar-refractivity contribution < 1.29 is 14.3 Å². The summed E-state index contributed by atoms with van der Waals surface area (Å²) in [6.07, 6.45) is -1.88. The predicted molar refractivity (Wildman–Crippen MR) is 22.7 cm³/mol. The zero-order chi connectivity index (χ0) is 6.15. The number of ether oxygens (including phenoxy) is 1. The van der Waals surface area contributed by atoms with E-state index in [-0.39, 0.29) is 0 Å². The van der Waals surface area contributed by atoms with Gasteiger partial charge in [0.1, 0.15) is 0 Å². The van der Waals surface area contributed by atoms with Crippen LogP contribution in [0.3, 0.4) is 0 Å². The zero-order valence-corrected chi connectivity index (χ0v) is 3.88. The molecule has 1 unspecified atom stereocenters. The van der Waals surface area contributed by atoms with Crippen LogP contribution in [0.2, 0.25) is 0 Å². The minimum Gasteiger partial charge on any atom is -0.435 e. The van der Waals surface area contributed by atoms with E-state index in [1.54, 1.807) is 0 Å². The van der Waals surface area contributed by atoms with Crippen molar-refractivity contribution in [3.63, 3.8) is 0 Å². The van der Waals surface area contributed by atoms with E-state index in [0.717, 1.165) is 0 Å². The van der Waals surface area contributed by atoms with Gasteiger partial charge in [0, 0.05) is 6.92 Å². The molecule has 0 aromatic rings. The molecule has 42 valence electrons. The molecule has 0 saturated carbocycles. The molecule has 1 fully saturated rings. The van der Waals surface area contributed by atoms with Crippen molar-refractivity contribution in [3.05, 3.63) is 6.92 Å². The molecule has 1 heterocycles. The Morgan fingerprint density at radius 1 is 1.62 bits per heavy atom. The maximum Gasteiger partial charge on any atom is 0.414 e. The molecule has 0 aromatic carbocycles. The van der Waals surface area contributed by atoms with Crippen LogP contribution >= 0.6 is 0 Å². The van der Waals surface area contributed by atoms with Crippen LogP contribution in [0.25, 0.3) is 0 Å². The molecule has 1 N–H and O–H groups in total. The van der Waals surface area contributed by atoms with Gasteiger partial charge in [-0.3, -0.25) is 10.1 Å². The van der Waals surface area contributed by atoms with E-state index in [1.807, 2.05) is 5.32 Å². The fraction of sp³-hybridized carbons (Fsp3) is 0.250. The molecule has 0 aromatic heterocycles. The van der Waals surface area contributed by atoms with Crippen molar-refractivity contribution in [2.24, 2.45) is 0 Å². The molecular weight excluding hydrogens is 110 g/mol. The van der Waals surface area contributed by atoms with Crippen molar-refractivity contribution in [1.82, 2.24) is 5.32 Å². The summed E-state index contributed by atoms with van der Waals surface area (Å²) in [6.45, 7) is 4.91. The summed E-state index contributed by atoms with van der Waals surface area (Å²) in [5, 5.41) is 1.84. The first-order valence-corrected chi connectivity index (χ1v) is 1.97. The van der Waals surface area contributed by atoms with E-state index in [2.05, 4.69) is 4.74 Å². The maximum atomic E-state index is 10.2. The van der Waals surface area contributed by atoms with Gasteiger partial charge < -0.3 is 4.74 Å². The number of amides is 2. The van der Waals surface area contributed by atoms with E-state index >= 15 is 0 Å². The number of alkyl carbamates (subject to hydrolysis) is 1. The average Bonchev–Trinajstić information content (AvgIpc) is 1.85. The number of hydrogen-bond acceptors (Lipinski definition) is 3. The second-order valence-electron chi connectivity index (χ2n) is 1.32. The van der Waals surface area contributed by atoms with Crippen molar-refractivity contribution >= 4 is 12.0 Å². The molecule has 4 nitrogen and oxygen atoms in total. The third kappa shape index (κ3) is 0.641. The standard InChI is InChI=1S/C4H3NO3/c1-2-3(6)5-4(7)8-2/h1-2H,(H,5,6,7). The minimum absolute atomic E-state index is 0.588. The Labute approximate surface area is 45.8 Å². The molecule has 1 aliphatic heterocycles. The SMILES string of the molecule is [CH]C1OC(=O)NC1=O. The van der Waals surface area contributed by atoms with Crippen LogP contribution in [0.4, 0.5) is 4.79 Å². The summed E-state index contributed by atoms with van der Waals surface area (Å²) in [4.78, 5) is 20.2. The Bertz CT molecular complexity index is 142. The predicted octanol–water partition coefficient (Wildman–Crippen LogP) is -0.668. The Balaban J connectivity index is 2.64. The van der Waals surface area contributed by atoms with Gasteiger partial charge in [-0.1, -0.05) is 0 Å². The van der Waals surface area contributed by atoms with Crippen LogP contribution in [-0.2, 0) is 9.53 Å². The topological polar surface area (TPSA) is 55.4 Å². The quantitative estimate of drug-likeness (QED) is 0.453. The number of hydrogen-bond donors (Lipinski definition) is 1. The van der Waals surface area contributed by atoms with Crippen molar-refractivity contribution in [3.8, 4) is 0 Å². The van der Waals surface area contributed by atoms with Gasteiger partial charge in [0.05, 0.1) is 0 Å². The van der Waals surface area contributed by atoms with Crippen LogP contribution in [0.5, 0.6) is 0 Å². The van der Waals surface area contributed by atoms with Crippen molar-refractivity contribution in [2.45, 2.75) is 6.10 Å². The molecule has 2 amide bonds. The van der Waals surface area contributed by atoms with Gasteiger partial charge >= 0.3 is 6.09 Å². The van der Waals surface area contributed by atoms with Gasteiger partial charge in [-0.05, 0) is 0 Å². The van der Waals surface area contributed by atoms with Gasteiger partial charge in [0.2, 0.25) is 0 Å². The molecule has 4 heteroatoms. The third-order valence-corrected chi connectivity index (χ3v) is 0.718. The molecule has 1 atom stereocenters. The molecule has 0 aliphatic carbocycles. The van der Waals surface area contributed by atoms with E-state index < -0.39 is 18.1 Å². The summed E-state index contributed by atoms with van der Waals surface area (Å²) in [5.41, 5.74) is 0. The number of nitrogens with one attached hydrogen (secondary N) is 1. The molecule has 0 spiro atoms. The lowest BCUT2D eigenvalue weighted by atomic mass is 10.4. The van der Waals surface area contributed by atoms with E-state index in [9.17, 15) is 9.59 Å². The Kier molecular flexibility index (Phi) is 0.932. The van der Waals surface area contributed by atoms with Crippen molar-refractivity contribution in [2.75, 3.05) is 0 Å². The molecule has 8 heavy (non-hydrogen) atoms. The summed E-state index contributed by atoms with van der Waals surface area (Å²) >= 11 is 0. The van der Waals surface area contributed by atoms with Gasteiger partial charge in [-0.25, -0.2) is 4.79 Å². The zero-order valence-electron chi connectivity index (χ0n) is 3.88. The van der Waals surface area contributed by atoms with Gasteiger partial charge in [-0.15, -0.1) is 0 Å². The maximum absolute atomic E-state index is 10.2. The highest BCUT2D eigenvalue weighted by Crippen LogP contribution is 1.97. The lowest BCUT2D eigenvalue weighted by molar-refractivity contribution is -0.121. The van der Waals surface area contributed by atoms with E-state index in [4.69, 9.17) is 6.92 Å². The number of carbonyl (C=O) groups is 2. The Hall–Kier alpha value is -1.06. The van der Waals surface area contributed by atoms with E-state index in [0.29, 0.717) is 0 Å². The first-order valence-electron chi connectivity index (χ1n) is 1.97. The second kappa shape index (κ2) is 1.47. The lowest BCUT2D eigenvalue weighted by Gasteiger charge is -1.90. The number of cyclic esters (lactones) is 1. The summed E-state index contributed by atoms with van der Waals surface area (Å²) in [6, 6.07) is 0. The normalized spacial score (nSPS) is 27.4. The van der Waals surface area contributed by atoms with Crippen LogP contribution in [0, 0.1) is 6.92 Å². The summed E-state index contributed by atoms with van der Waals surface area (Å²) in [7, 11) is 0. The number of imide groups is 1. The largest absolute Gasteiger partial charge is 0.435 e. The van der Waals surface area contributed by atoms with Gasteiger partial charge in [-0.2, -0.15) is 0 Å². The van der Waals surface area contributed by atoms with Crippen LogP contribution < -0.4 is 5.32 Å². The highest BCUT2D eigenvalue weighted by molar-refractivity contribution is 6.00. The number of carbonyl (C=O) groups excluding carboxylic acids is 2.